The van der Waals surface area contributed by atoms with Gasteiger partial charge in [-0.3, -0.25) is 4.57 Å². The van der Waals surface area contributed by atoms with E-state index >= 15 is 4.39 Å². The highest BCUT2D eigenvalue weighted by Gasteiger charge is 2.59. The second-order valence-corrected chi connectivity index (χ2v) is 14.4. The average Bonchev–Trinajstić information content (AvgIpc) is 3.58. The van der Waals surface area contributed by atoms with E-state index < -0.39 is 47.4 Å². The molecule has 59 heavy (non-hydrogen) atoms. The van der Waals surface area contributed by atoms with Crippen LogP contribution in [0.1, 0.15) is 39.6 Å². The Kier molecular flexibility index (Phi) is 11.1. The minimum absolute atomic E-state index is 0.0281. The van der Waals surface area contributed by atoms with Crippen molar-refractivity contribution in [1.29, 1.82) is 0 Å². The lowest BCUT2D eigenvalue weighted by atomic mass is 9.63. The van der Waals surface area contributed by atoms with Crippen LogP contribution in [0.4, 0.5) is 10.2 Å². The van der Waals surface area contributed by atoms with E-state index in [4.69, 9.17) is 24.7 Å². The molecule has 1 unspecified atom stereocenters. The zero-order valence-electron chi connectivity index (χ0n) is 32.5. The second-order valence-electron chi connectivity index (χ2n) is 14.4. The van der Waals surface area contributed by atoms with Crippen LogP contribution in [-0.4, -0.2) is 53.4 Å². The van der Waals surface area contributed by atoms with Crippen molar-refractivity contribution in [2.45, 2.75) is 41.7 Å². The predicted molar refractivity (Wildman–Crippen MR) is 224 cm³/mol. The van der Waals surface area contributed by atoms with Gasteiger partial charge in [0.15, 0.2) is 12.4 Å². The van der Waals surface area contributed by atoms with Gasteiger partial charge in [0, 0.05) is 6.20 Å². The Labute approximate surface area is 342 Å². The topological polar surface area (TPSA) is 118 Å². The van der Waals surface area contributed by atoms with Crippen LogP contribution in [0.15, 0.2) is 187 Å². The molecule has 0 aliphatic carbocycles. The summed E-state index contributed by atoms with van der Waals surface area (Å²) in [5.41, 5.74) is 6.76. The highest BCUT2D eigenvalue weighted by atomic mass is 19.1. The van der Waals surface area contributed by atoms with Crippen LogP contribution < -0.4 is 20.9 Å². The minimum atomic E-state index is -2.09. The molecule has 9 nitrogen and oxygen atoms in total. The van der Waals surface area contributed by atoms with E-state index in [1.165, 1.54) is 12.3 Å². The summed E-state index contributed by atoms with van der Waals surface area (Å²) in [7, 11) is 3.21. The summed E-state index contributed by atoms with van der Waals surface area (Å²) >= 11 is 0. The molecule has 0 spiro atoms. The van der Waals surface area contributed by atoms with Crippen molar-refractivity contribution in [3.63, 3.8) is 0 Å². The van der Waals surface area contributed by atoms with E-state index in [9.17, 15) is 9.90 Å². The SMILES string of the molecule is COc1ccc(C(OC([C@H]2O[C@@H](n3ccc(N)nc3=O)[C@H](F)[C@@H]2O)C(c2ccccc2)(c2ccccc2)c2ccc(OC)cc2)(c2ccccc2)c2ccccc2)cc1. The summed E-state index contributed by atoms with van der Waals surface area (Å²) in [5.74, 6) is 1.24. The van der Waals surface area contributed by atoms with Crippen LogP contribution in [0.25, 0.3) is 0 Å². The number of anilines is 1. The zero-order valence-corrected chi connectivity index (χ0v) is 32.5. The second kappa shape index (κ2) is 16.7. The normalized spacial score (nSPS) is 18.6. The Morgan fingerprint density at radius 3 is 1.49 bits per heavy atom. The molecule has 0 saturated carbocycles. The quantitative estimate of drug-likeness (QED) is 0.114. The van der Waals surface area contributed by atoms with Gasteiger partial charge in [-0.15, -0.1) is 0 Å². The maximum atomic E-state index is 17.1. The van der Waals surface area contributed by atoms with E-state index in [0.717, 1.165) is 37.9 Å². The van der Waals surface area contributed by atoms with Gasteiger partial charge in [0.05, 0.1) is 19.6 Å². The Morgan fingerprint density at radius 2 is 1.05 bits per heavy atom. The van der Waals surface area contributed by atoms with Gasteiger partial charge in [-0.25, -0.2) is 9.18 Å². The molecule has 298 valence electrons. The predicted octanol–water partition coefficient (Wildman–Crippen LogP) is 7.85. The number of nitrogen functional groups attached to an aromatic ring is 1. The van der Waals surface area contributed by atoms with Crippen molar-refractivity contribution >= 4 is 5.82 Å². The van der Waals surface area contributed by atoms with Crippen molar-refractivity contribution in [2.24, 2.45) is 0 Å². The molecule has 1 aliphatic rings. The van der Waals surface area contributed by atoms with Gasteiger partial charge in [-0.1, -0.05) is 146 Å². The number of ether oxygens (including phenoxy) is 4. The van der Waals surface area contributed by atoms with Crippen molar-refractivity contribution in [1.82, 2.24) is 9.55 Å². The number of hydrogen-bond donors (Lipinski definition) is 2. The van der Waals surface area contributed by atoms with Crippen LogP contribution in [-0.2, 0) is 20.5 Å². The molecule has 7 aromatic rings. The molecular formula is C49H44FN3O6. The monoisotopic (exact) mass is 789 g/mol. The summed E-state index contributed by atoms with van der Waals surface area (Å²) in [6.45, 7) is 0. The number of aliphatic hydroxyl groups is 1. The van der Waals surface area contributed by atoms with Crippen molar-refractivity contribution in [3.8, 4) is 11.5 Å². The van der Waals surface area contributed by atoms with Gasteiger partial charge in [0.2, 0.25) is 0 Å². The molecule has 5 atom stereocenters. The fraction of sp³-hybridized carbons (Fsp3) is 0.184. The number of rotatable bonds is 13. The van der Waals surface area contributed by atoms with E-state index in [2.05, 4.69) is 4.98 Å². The molecule has 1 aromatic heterocycles. The fourth-order valence-corrected chi connectivity index (χ4v) is 8.47. The summed E-state index contributed by atoms with van der Waals surface area (Å²) in [6, 6.07) is 55.8. The largest absolute Gasteiger partial charge is 0.497 e. The van der Waals surface area contributed by atoms with Crippen molar-refractivity contribution in [3.05, 3.63) is 226 Å². The molecule has 0 amide bonds. The van der Waals surface area contributed by atoms with Gasteiger partial charge < -0.3 is 29.8 Å². The molecule has 10 heteroatoms. The lowest BCUT2D eigenvalue weighted by Gasteiger charge is -2.49. The molecule has 1 aliphatic heterocycles. The first-order valence-electron chi connectivity index (χ1n) is 19.3. The van der Waals surface area contributed by atoms with Gasteiger partial charge in [-0.05, 0) is 63.7 Å². The molecule has 3 N–H and O–H groups in total. The molecule has 1 saturated heterocycles. The Morgan fingerprint density at radius 1 is 0.644 bits per heavy atom. The third kappa shape index (κ3) is 7.05. The summed E-state index contributed by atoms with van der Waals surface area (Å²) in [4.78, 5) is 17.2. The van der Waals surface area contributed by atoms with Crippen LogP contribution >= 0.6 is 0 Å². The molecule has 2 heterocycles. The van der Waals surface area contributed by atoms with Crippen LogP contribution in [0.3, 0.4) is 0 Å². The van der Waals surface area contributed by atoms with Gasteiger partial charge >= 0.3 is 5.69 Å². The molecule has 1 fully saturated rings. The summed E-state index contributed by atoms with van der Waals surface area (Å²) in [5, 5.41) is 12.4. The number of nitrogens with two attached hydrogens (primary N) is 1. The number of benzene rings is 6. The van der Waals surface area contributed by atoms with Crippen LogP contribution in [0.5, 0.6) is 11.5 Å². The maximum Gasteiger partial charge on any atom is 0.351 e. The first kappa shape index (κ1) is 39.2. The third-order valence-electron chi connectivity index (χ3n) is 11.2. The Bertz CT molecular complexity index is 2430. The highest BCUT2D eigenvalue weighted by molar-refractivity contribution is 5.55. The van der Waals surface area contributed by atoms with Crippen LogP contribution in [0.2, 0.25) is 0 Å². The zero-order chi connectivity index (χ0) is 41.0. The first-order valence-corrected chi connectivity index (χ1v) is 19.3. The lowest BCUT2D eigenvalue weighted by molar-refractivity contribution is -0.160. The number of hydrogen-bond acceptors (Lipinski definition) is 8. The summed E-state index contributed by atoms with van der Waals surface area (Å²) < 4.78 is 44.1. The van der Waals surface area contributed by atoms with Crippen molar-refractivity contribution in [2.75, 3.05) is 20.0 Å². The fourth-order valence-electron chi connectivity index (χ4n) is 8.47. The molecule has 8 rings (SSSR count). The number of alkyl halides is 1. The molecule has 0 bridgehead atoms. The Hall–Kier alpha value is -6.59. The maximum absolute atomic E-state index is 17.1. The highest BCUT2D eigenvalue weighted by Crippen LogP contribution is 2.53. The number of nitrogens with zero attached hydrogens (tertiary/aromatic N) is 2. The third-order valence-corrected chi connectivity index (χ3v) is 11.2. The molecule has 0 radical (unpaired) electrons. The van der Waals surface area contributed by atoms with Gasteiger partial charge in [0.25, 0.3) is 0 Å². The summed E-state index contributed by atoms with van der Waals surface area (Å²) in [6.07, 6.45) is -6.83. The lowest BCUT2D eigenvalue weighted by Crippen LogP contribution is -2.57. The minimum Gasteiger partial charge on any atom is -0.497 e. The van der Waals surface area contributed by atoms with E-state index in [1.54, 1.807) is 14.2 Å². The first-order chi connectivity index (χ1) is 28.8. The molecular weight excluding hydrogens is 746 g/mol. The standard InChI is InChI=1S/C49H44FN3O6/c1-56-39-27-23-35(24-28-39)48(33-15-7-3-8-16-33,34-17-9-4-10-18-34)45(44-43(54)42(50)46(58-44)53-32-31-41(51)52-47(53)55)59-49(36-19-11-5-12-20-36,37-21-13-6-14-22-37)38-25-29-40(57-2)30-26-38/h3-32,42-46,54H,1-2H3,(H2,51,52,55)/t42-,43+,44+,45?,46-/m1/s1. The Balaban J connectivity index is 1.49. The number of halogens is 1. The average molecular weight is 790 g/mol. The van der Waals surface area contributed by atoms with Crippen LogP contribution in [0, 0.1) is 0 Å². The number of methoxy groups -OCH3 is 2. The smallest absolute Gasteiger partial charge is 0.351 e. The van der Waals surface area contributed by atoms with E-state index in [0.29, 0.717) is 11.5 Å². The van der Waals surface area contributed by atoms with E-state index in [-0.39, 0.29) is 5.82 Å². The molecule has 6 aromatic carbocycles. The van der Waals surface area contributed by atoms with Gasteiger partial charge in [0.1, 0.15) is 41.2 Å². The van der Waals surface area contributed by atoms with Gasteiger partial charge in [-0.2, -0.15) is 4.98 Å². The number of aliphatic hydroxyl groups excluding tert-OH is 1. The number of aromatic nitrogens is 2. The van der Waals surface area contributed by atoms with Crippen molar-refractivity contribution < 1.29 is 28.4 Å². The van der Waals surface area contributed by atoms with E-state index in [1.807, 2.05) is 170 Å².